The fraction of sp³-hybridized carbons (Fsp3) is 0.536. The van der Waals surface area contributed by atoms with Gasteiger partial charge in [0.2, 0.25) is 15.9 Å². The molecule has 0 spiro atoms. The Balaban J connectivity index is 1.17. The van der Waals surface area contributed by atoms with Gasteiger partial charge in [-0.3, -0.25) is 28.8 Å². The van der Waals surface area contributed by atoms with E-state index in [4.69, 9.17) is 9.47 Å². The number of ether oxygens (including phenoxy) is 2. The summed E-state index contributed by atoms with van der Waals surface area (Å²) in [6.07, 6.45) is -1.87. The number of amides is 4. The third-order valence-electron chi connectivity index (χ3n) is 8.56. The van der Waals surface area contributed by atoms with E-state index in [2.05, 4.69) is 16.6 Å². The first kappa shape index (κ1) is 29.1. The fourth-order valence-corrected chi connectivity index (χ4v) is 7.48. The summed E-state index contributed by atoms with van der Waals surface area (Å²) in [5.74, 6) is -3.27. The summed E-state index contributed by atoms with van der Waals surface area (Å²) in [5.41, 5.74) is 0.0868. The molecule has 2 N–H and O–H groups in total. The molecule has 3 atom stereocenters. The smallest absolute Gasteiger partial charge is 0.410 e. The van der Waals surface area contributed by atoms with Gasteiger partial charge >= 0.3 is 12.1 Å². The van der Waals surface area contributed by atoms with Crippen LogP contribution in [0.4, 0.5) is 9.18 Å². The summed E-state index contributed by atoms with van der Waals surface area (Å²) in [7, 11) is -3.89. The second-order valence-corrected chi connectivity index (χ2v) is 13.8. The van der Waals surface area contributed by atoms with Gasteiger partial charge in [0.25, 0.3) is 11.8 Å². The molecule has 6 rings (SSSR count). The van der Waals surface area contributed by atoms with Crippen molar-refractivity contribution in [1.82, 2.24) is 19.8 Å². The first-order chi connectivity index (χ1) is 20.3. The van der Waals surface area contributed by atoms with Crippen molar-refractivity contribution in [3.63, 3.8) is 0 Å². The van der Waals surface area contributed by atoms with Crippen LogP contribution in [0.15, 0.2) is 30.4 Å². The Hall–Kier alpha value is -4.01. The number of carbonyl (C=O) groups excluding carboxylic acids is 5. The van der Waals surface area contributed by atoms with E-state index in [1.54, 1.807) is 12.1 Å². The lowest BCUT2D eigenvalue weighted by molar-refractivity contribution is -0.155. The first-order valence-corrected chi connectivity index (χ1v) is 15.7. The van der Waals surface area contributed by atoms with Crippen LogP contribution < -0.4 is 10.0 Å². The van der Waals surface area contributed by atoms with Crippen LogP contribution in [0.3, 0.4) is 0 Å². The molecule has 2 saturated carbocycles. The van der Waals surface area contributed by atoms with Crippen LogP contribution in [0.25, 0.3) is 0 Å². The minimum absolute atomic E-state index is 0.00340. The molecule has 2 saturated heterocycles. The standard InChI is InChI=1S/C28H31FN4O9S/c1-15-10-28(11-15,26(37)31-43(39,40)18-5-6-18)30-24(35)21-9-17(13-33(21)25(36)22-7-8-23(34)42-22)41-27(38)32-12-16-3-2-4-20(29)19(16)14-32/h2-4,17-18,21-22H,1,5-14H2,(H,30,35)(H,31,37)/t17?,21-,22-/m0/s1. The molecule has 0 aromatic heterocycles. The number of fused-ring (bicyclic) bond motifs is 1. The summed E-state index contributed by atoms with van der Waals surface area (Å²) >= 11 is 0. The Bertz CT molecular complexity index is 1530. The van der Waals surface area contributed by atoms with Gasteiger partial charge in [-0.05, 0) is 24.5 Å². The summed E-state index contributed by atoms with van der Waals surface area (Å²) in [6.45, 7) is 3.76. The van der Waals surface area contributed by atoms with Crippen molar-refractivity contribution in [2.75, 3.05) is 6.54 Å². The number of sulfonamides is 1. The number of nitrogens with one attached hydrogen (secondary N) is 2. The van der Waals surface area contributed by atoms with Crippen LogP contribution in [0, 0.1) is 5.82 Å². The van der Waals surface area contributed by atoms with E-state index in [9.17, 15) is 36.8 Å². The van der Waals surface area contributed by atoms with Gasteiger partial charge in [0.05, 0.1) is 18.3 Å². The molecule has 4 fully saturated rings. The van der Waals surface area contributed by atoms with E-state index in [-0.39, 0.29) is 51.7 Å². The first-order valence-electron chi connectivity index (χ1n) is 14.1. The monoisotopic (exact) mass is 618 g/mol. The fourth-order valence-electron chi connectivity index (χ4n) is 6.10. The zero-order valence-electron chi connectivity index (χ0n) is 23.2. The molecule has 15 heteroatoms. The van der Waals surface area contributed by atoms with Crippen molar-refractivity contribution in [2.45, 2.75) is 87.1 Å². The number of hydrogen-bond acceptors (Lipinski definition) is 9. The minimum atomic E-state index is -3.89. The number of hydrogen-bond donors (Lipinski definition) is 2. The lowest BCUT2D eigenvalue weighted by Crippen LogP contribution is -2.66. The summed E-state index contributed by atoms with van der Waals surface area (Å²) in [6, 6.07) is 3.35. The molecule has 1 aromatic carbocycles. The van der Waals surface area contributed by atoms with Crippen LogP contribution in [-0.2, 0) is 51.8 Å². The summed E-state index contributed by atoms with van der Waals surface area (Å²) in [4.78, 5) is 67.4. The van der Waals surface area contributed by atoms with Gasteiger partial charge in [0.15, 0.2) is 6.10 Å². The predicted octanol–water partition coefficient (Wildman–Crippen LogP) is 0.766. The maximum Gasteiger partial charge on any atom is 0.410 e. The van der Waals surface area contributed by atoms with Crippen molar-refractivity contribution in [3.05, 3.63) is 47.3 Å². The van der Waals surface area contributed by atoms with Crippen LogP contribution in [0.5, 0.6) is 0 Å². The van der Waals surface area contributed by atoms with Gasteiger partial charge in [0, 0.05) is 44.2 Å². The number of cyclic esters (lactones) is 1. The molecule has 1 unspecified atom stereocenters. The Kier molecular flexibility index (Phi) is 7.18. The van der Waals surface area contributed by atoms with Crippen molar-refractivity contribution < 1.29 is 46.3 Å². The molecule has 0 radical (unpaired) electrons. The van der Waals surface area contributed by atoms with E-state index in [1.807, 2.05) is 0 Å². The maximum absolute atomic E-state index is 14.2. The molecular weight excluding hydrogens is 587 g/mol. The number of nitrogens with zero attached hydrogens (tertiary/aromatic N) is 2. The number of esters is 1. The van der Waals surface area contributed by atoms with Gasteiger partial charge in [-0.1, -0.05) is 24.3 Å². The Labute approximate surface area is 246 Å². The largest absolute Gasteiger partial charge is 0.452 e. The number of rotatable bonds is 7. The average molecular weight is 619 g/mol. The van der Waals surface area contributed by atoms with Gasteiger partial charge in [-0.2, -0.15) is 0 Å². The molecule has 4 amide bonds. The summed E-state index contributed by atoms with van der Waals surface area (Å²) < 4.78 is 51.9. The maximum atomic E-state index is 14.2. The average Bonchev–Trinajstić information content (AvgIpc) is 3.36. The highest BCUT2D eigenvalue weighted by molar-refractivity contribution is 7.91. The molecular formula is C28H31FN4O9S. The zero-order valence-corrected chi connectivity index (χ0v) is 24.0. The van der Waals surface area contributed by atoms with Gasteiger partial charge in [0.1, 0.15) is 23.5 Å². The van der Waals surface area contributed by atoms with Gasteiger partial charge < -0.3 is 19.7 Å². The number of halogens is 1. The van der Waals surface area contributed by atoms with Crippen LogP contribution in [-0.4, -0.2) is 83.6 Å². The highest BCUT2D eigenvalue weighted by Gasteiger charge is 2.53. The Morgan fingerprint density at radius 1 is 1.12 bits per heavy atom. The second-order valence-electron chi connectivity index (χ2n) is 11.8. The van der Waals surface area contributed by atoms with Crippen LogP contribution in [0.1, 0.15) is 56.1 Å². The lowest BCUT2D eigenvalue weighted by Gasteiger charge is -2.43. The quantitative estimate of drug-likeness (QED) is 0.331. The van der Waals surface area contributed by atoms with E-state index in [0.29, 0.717) is 29.5 Å². The number of benzene rings is 1. The summed E-state index contributed by atoms with van der Waals surface area (Å²) in [5, 5.41) is 1.99. The normalized spacial score (nSPS) is 25.9. The molecule has 13 nitrogen and oxygen atoms in total. The highest BCUT2D eigenvalue weighted by atomic mass is 32.2. The topological polar surface area (TPSA) is 168 Å². The van der Waals surface area contributed by atoms with E-state index in [0.717, 1.165) is 4.90 Å². The van der Waals surface area contributed by atoms with Crippen LogP contribution in [0.2, 0.25) is 0 Å². The third kappa shape index (κ3) is 5.57. The van der Waals surface area contributed by atoms with Crippen LogP contribution >= 0.6 is 0 Å². The molecule has 5 aliphatic rings. The lowest BCUT2D eigenvalue weighted by atomic mass is 9.72. The van der Waals surface area contributed by atoms with E-state index >= 15 is 0 Å². The van der Waals surface area contributed by atoms with E-state index in [1.165, 1.54) is 11.0 Å². The number of carbonyl (C=O) groups is 5. The van der Waals surface area contributed by atoms with Crippen molar-refractivity contribution in [2.24, 2.45) is 0 Å². The molecule has 1 aromatic rings. The van der Waals surface area contributed by atoms with Crippen molar-refractivity contribution >= 4 is 39.8 Å². The molecule has 3 aliphatic heterocycles. The minimum Gasteiger partial charge on any atom is -0.452 e. The van der Waals surface area contributed by atoms with E-state index < -0.39 is 74.7 Å². The predicted molar refractivity (Wildman–Crippen MR) is 144 cm³/mol. The molecule has 43 heavy (non-hydrogen) atoms. The molecule has 2 aliphatic carbocycles. The molecule has 0 bridgehead atoms. The third-order valence-corrected chi connectivity index (χ3v) is 10.4. The molecule has 230 valence electrons. The Morgan fingerprint density at radius 3 is 2.49 bits per heavy atom. The SMILES string of the molecule is C=C1CC(NC(=O)[C@@H]2CC(OC(=O)N3Cc4cccc(F)c4C3)CN2C(=O)[C@@H]2CCC(=O)O2)(C(=O)NS(=O)(=O)C2CC2)C1. The van der Waals surface area contributed by atoms with Crippen molar-refractivity contribution in [1.29, 1.82) is 0 Å². The molecule has 3 heterocycles. The zero-order chi connectivity index (χ0) is 30.7. The number of likely N-dealkylation sites (tertiary alicyclic amines) is 1. The second kappa shape index (κ2) is 10.6. The van der Waals surface area contributed by atoms with Crippen molar-refractivity contribution in [3.8, 4) is 0 Å². The van der Waals surface area contributed by atoms with Gasteiger partial charge in [-0.15, -0.1) is 0 Å². The van der Waals surface area contributed by atoms with Gasteiger partial charge in [-0.25, -0.2) is 17.6 Å². The highest BCUT2D eigenvalue weighted by Crippen LogP contribution is 2.38. The Morgan fingerprint density at radius 2 is 1.86 bits per heavy atom.